The van der Waals surface area contributed by atoms with Gasteiger partial charge < -0.3 is 5.32 Å². The Bertz CT molecular complexity index is 696. The van der Waals surface area contributed by atoms with E-state index in [0.29, 0.717) is 12.1 Å². The maximum Gasteiger partial charge on any atom is 0.101 e. The second-order valence-corrected chi connectivity index (χ2v) is 6.94. The zero-order valence-corrected chi connectivity index (χ0v) is 14.6. The molecule has 122 valence electrons. The Labute approximate surface area is 138 Å². The molecule has 0 fully saturated rings. The van der Waals surface area contributed by atoms with E-state index in [2.05, 4.69) is 47.3 Å². The minimum Gasteiger partial charge on any atom is -0.312 e. The van der Waals surface area contributed by atoms with Crippen molar-refractivity contribution in [3.05, 3.63) is 46.0 Å². The number of aromatic nitrogens is 3. The van der Waals surface area contributed by atoms with Crippen molar-refractivity contribution in [1.82, 2.24) is 20.5 Å². The molecule has 2 aromatic heterocycles. The van der Waals surface area contributed by atoms with E-state index >= 15 is 0 Å². The molecule has 2 aromatic rings. The molecule has 2 rings (SSSR count). The molecule has 0 aliphatic carbocycles. The van der Waals surface area contributed by atoms with Crippen molar-refractivity contribution >= 4 is 0 Å². The molecular formula is C18H25N5. The molecule has 0 spiro atoms. The second kappa shape index (κ2) is 6.93. The van der Waals surface area contributed by atoms with Crippen molar-refractivity contribution < 1.29 is 0 Å². The fraction of sp³-hybridized carbons (Fsp3) is 0.500. The highest BCUT2D eigenvalue weighted by atomic mass is 15.1. The molecular weight excluding hydrogens is 286 g/mol. The first-order valence-electron chi connectivity index (χ1n) is 7.93. The van der Waals surface area contributed by atoms with Crippen LogP contribution in [0.15, 0.2) is 12.3 Å². The van der Waals surface area contributed by atoms with Gasteiger partial charge in [0.1, 0.15) is 6.07 Å². The van der Waals surface area contributed by atoms with E-state index in [1.165, 1.54) is 5.56 Å². The summed E-state index contributed by atoms with van der Waals surface area (Å²) in [6.07, 6.45) is 2.80. The van der Waals surface area contributed by atoms with E-state index in [1.54, 1.807) is 0 Å². The van der Waals surface area contributed by atoms with Crippen LogP contribution in [0.3, 0.4) is 0 Å². The number of hydrogen-bond donors (Lipinski definition) is 2. The van der Waals surface area contributed by atoms with Gasteiger partial charge in [-0.1, -0.05) is 20.8 Å². The molecule has 2 N–H and O–H groups in total. The van der Waals surface area contributed by atoms with Crippen LogP contribution in [0, 0.1) is 25.2 Å². The highest BCUT2D eigenvalue weighted by molar-refractivity contribution is 5.39. The molecule has 23 heavy (non-hydrogen) atoms. The quantitative estimate of drug-likeness (QED) is 0.832. The van der Waals surface area contributed by atoms with E-state index in [4.69, 9.17) is 0 Å². The van der Waals surface area contributed by atoms with Gasteiger partial charge in [-0.3, -0.25) is 10.1 Å². The smallest absolute Gasteiger partial charge is 0.101 e. The molecule has 5 nitrogen and oxygen atoms in total. The van der Waals surface area contributed by atoms with Crippen molar-refractivity contribution in [2.24, 2.45) is 0 Å². The molecule has 0 aromatic carbocycles. The summed E-state index contributed by atoms with van der Waals surface area (Å²) in [6, 6.07) is 4.21. The van der Waals surface area contributed by atoms with Gasteiger partial charge in [0, 0.05) is 23.9 Å². The summed E-state index contributed by atoms with van der Waals surface area (Å²) in [5, 5.41) is 20.0. The highest BCUT2D eigenvalue weighted by Crippen LogP contribution is 2.23. The maximum atomic E-state index is 9.34. The summed E-state index contributed by atoms with van der Waals surface area (Å²) in [4.78, 5) is 4.50. The lowest BCUT2D eigenvalue weighted by Crippen LogP contribution is -2.19. The predicted octanol–water partition coefficient (Wildman–Crippen LogP) is 2.92. The Morgan fingerprint density at radius 2 is 2.04 bits per heavy atom. The van der Waals surface area contributed by atoms with Gasteiger partial charge in [0.05, 0.1) is 17.0 Å². The van der Waals surface area contributed by atoms with Crippen LogP contribution in [0.5, 0.6) is 0 Å². The van der Waals surface area contributed by atoms with Crippen LogP contribution in [-0.2, 0) is 18.4 Å². The van der Waals surface area contributed by atoms with Crippen molar-refractivity contribution in [2.75, 3.05) is 6.54 Å². The van der Waals surface area contributed by atoms with Gasteiger partial charge in [-0.2, -0.15) is 10.4 Å². The molecule has 0 aliphatic heterocycles. The number of hydrogen-bond acceptors (Lipinski definition) is 4. The number of nitrogens with zero attached hydrogens (tertiary/aromatic N) is 3. The van der Waals surface area contributed by atoms with Crippen LogP contribution in [0.25, 0.3) is 0 Å². The minimum atomic E-state index is -0.118. The van der Waals surface area contributed by atoms with E-state index in [1.807, 2.05) is 26.1 Å². The molecule has 0 bridgehead atoms. The number of H-pyrrole nitrogens is 1. The average Bonchev–Trinajstić information content (AvgIpc) is 2.81. The van der Waals surface area contributed by atoms with Crippen LogP contribution in [-0.4, -0.2) is 21.7 Å². The van der Waals surface area contributed by atoms with Crippen LogP contribution in [0.1, 0.15) is 54.5 Å². The van der Waals surface area contributed by atoms with E-state index in [-0.39, 0.29) is 5.41 Å². The third-order valence-corrected chi connectivity index (χ3v) is 3.94. The Hall–Kier alpha value is -2.19. The van der Waals surface area contributed by atoms with Gasteiger partial charge in [0.15, 0.2) is 0 Å². The first kappa shape index (κ1) is 17.2. The molecule has 0 aliphatic rings. The Balaban J connectivity index is 1.95. The summed E-state index contributed by atoms with van der Waals surface area (Å²) in [7, 11) is 0. The molecule has 0 radical (unpaired) electrons. The number of aromatic amines is 1. The third kappa shape index (κ3) is 4.17. The van der Waals surface area contributed by atoms with Gasteiger partial charge in [-0.15, -0.1) is 0 Å². The summed E-state index contributed by atoms with van der Waals surface area (Å²) in [5.41, 5.74) is 5.91. The number of rotatable bonds is 5. The lowest BCUT2D eigenvalue weighted by Gasteiger charge is -2.19. The number of nitriles is 1. The average molecular weight is 311 g/mol. The molecule has 0 unspecified atom stereocenters. The molecule has 2 heterocycles. The van der Waals surface area contributed by atoms with Gasteiger partial charge in [0.25, 0.3) is 0 Å². The van der Waals surface area contributed by atoms with Crippen LogP contribution in [0.4, 0.5) is 0 Å². The van der Waals surface area contributed by atoms with E-state index < -0.39 is 0 Å². The summed E-state index contributed by atoms with van der Waals surface area (Å²) >= 11 is 0. The number of nitrogens with one attached hydrogen (secondary N) is 2. The molecule has 5 heteroatoms. The maximum absolute atomic E-state index is 9.34. The summed E-state index contributed by atoms with van der Waals surface area (Å²) < 4.78 is 0. The topological polar surface area (TPSA) is 77.4 Å². The SMILES string of the molecule is Cc1n[nH]c(C)c1CCNCc1cnc(C(C)(C)C)c(C#N)c1. The Morgan fingerprint density at radius 1 is 1.30 bits per heavy atom. The molecule has 0 atom stereocenters. The lowest BCUT2D eigenvalue weighted by atomic mass is 9.88. The van der Waals surface area contributed by atoms with Crippen molar-refractivity contribution in [3.63, 3.8) is 0 Å². The van der Waals surface area contributed by atoms with Crippen molar-refractivity contribution in [2.45, 2.75) is 53.0 Å². The molecule has 0 saturated carbocycles. The first-order chi connectivity index (χ1) is 10.8. The Kier molecular flexibility index (Phi) is 5.17. The number of aryl methyl sites for hydroxylation is 2. The van der Waals surface area contributed by atoms with Crippen molar-refractivity contribution in [3.8, 4) is 6.07 Å². The van der Waals surface area contributed by atoms with Gasteiger partial charge in [0.2, 0.25) is 0 Å². The third-order valence-electron chi connectivity index (χ3n) is 3.94. The summed E-state index contributed by atoms with van der Waals surface area (Å²) in [5.74, 6) is 0. The number of pyridine rings is 1. The molecule has 0 saturated heterocycles. The summed E-state index contributed by atoms with van der Waals surface area (Å²) in [6.45, 7) is 11.9. The Morgan fingerprint density at radius 3 is 2.61 bits per heavy atom. The van der Waals surface area contributed by atoms with E-state index in [0.717, 1.165) is 35.6 Å². The highest BCUT2D eigenvalue weighted by Gasteiger charge is 2.19. The first-order valence-corrected chi connectivity index (χ1v) is 7.93. The van der Waals surface area contributed by atoms with Crippen LogP contribution >= 0.6 is 0 Å². The van der Waals surface area contributed by atoms with Gasteiger partial charge >= 0.3 is 0 Å². The lowest BCUT2D eigenvalue weighted by molar-refractivity contribution is 0.565. The van der Waals surface area contributed by atoms with Crippen LogP contribution in [0.2, 0.25) is 0 Å². The largest absolute Gasteiger partial charge is 0.312 e. The van der Waals surface area contributed by atoms with Gasteiger partial charge in [-0.05, 0) is 44.0 Å². The van der Waals surface area contributed by atoms with Crippen LogP contribution < -0.4 is 5.32 Å². The fourth-order valence-corrected chi connectivity index (χ4v) is 2.68. The second-order valence-electron chi connectivity index (χ2n) is 6.94. The monoisotopic (exact) mass is 311 g/mol. The minimum absolute atomic E-state index is 0.118. The zero-order chi connectivity index (χ0) is 17.0. The zero-order valence-electron chi connectivity index (χ0n) is 14.6. The van der Waals surface area contributed by atoms with Gasteiger partial charge in [-0.25, -0.2) is 0 Å². The normalized spacial score (nSPS) is 11.5. The molecule has 0 amide bonds. The predicted molar refractivity (Wildman–Crippen MR) is 91.1 cm³/mol. The fourth-order valence-electron chi connectivity index (χ4n) is 2.68. The standard InChI is InChI=1S/C18H25N5/c1-12-16(13(2)23-22-12)6-7-20-10-14-8-15(9-19)17(21-11-14)18(3,4)5/h8,11,20H,6-7,10H2,1-5H3,(H,22,23). The van der Waals surface area contributed by atoms with Crippen molar-refractivity contribution in [1.29, 1.82) is 5.26 Å². The van der Waals surface area contributed by atoms with E-state index in [9.17, 15) is 5.26 Å².